The first-order chi connectivity index (χ1) is 9.74. The van der Waals surface area contributed by atoms with Crippen molar-refractivity contribution in [1.29, 1.82) is 0 Å². The lowest BCUT2D eigenvalue weighted by atomic mass is 10.1. The van der Waals surface area contributed by atoms with Crippen LogP contribution in [0.4, 0.5) is 0 Å². The Morgan fingerprint density at radius 3 is 2.90 bits per heavy atom. The van der Waals surface area contributed by atoms with Crippen molar-refractivity contribution in [3.8, 4) is 11.5 Å². The predicted octanol–water partition coefficient (Wildman–Crippen LogP) is 3.42. The van der Waals surface area contributed by atoms with E-state index in [1.165, 1.54) is 5.56 Å². The lowest BCUT2D eigenvalue weighted by molar-refractivity contribution is 0.173. The Morgan fingerprint density at radius 2 is 2.10 bits per heavy atom. The predicted molar refractivity (Wildman–Crippen MR) is 79.8 cm³/mol. The summed E-state index contributed by atoms with van der Waals surface area (Å²) in [6.45, 7) is 3.19. The summed E-state index contributed by atoms with van der Waals surface area (Å²) in [5, 5.41) is 3.49. The Labute approximate surface area is 126 Å². The molecular formula is C15H15BrN2O2. The molecule has 1 N–H and O–H groups in total. The highest BCUT2D eigenvalue weighted by molar-refractivity contribution is 9.10. The minimum absolute atomic E-state index is 0.266. The van der Waals surface area contributed by atoms with E-state index in [2.05, 4.69) is 39.2 Å². The van der Waals surface area contributed by atoms with Crippen LogP contribution in [0, 0.1) is 0 Å². The molecular weight excluding hydrogens is 320 g/mol. The fourth-order valence-electron chi connectivity index (χ4n) is 2.16. The van der Waals surface area contributed by atoms with Gasteiger partial charge in [-0.15, -0.1) is 0 Å². The van der Waals surface area contributed by atoms with Crippen molar-refractivity contribution in [1.82, 2.24) is 10.3 Å². The van der Waals surface area contributed by atoms with Gasteiger partial charge in [0.25, 0.3) is 0 Å². The largest absolute Gasteiger partial charge is 0.454 e. The molecule has 0 saturated heterocycles. The van der Waals surface area contributed by atoms with Gasteiger partial charge in [0.1, 0.15) is 0 Å². The second kappa shape index (κ2) is 5.81. The van der Waals surface area contributed by atoms with E-state index in [1.54, 1.807) is 0 Å². The van der Waals surface area contributed by atoms with Crippen molar-refractivity contribution in [3.05, 3.63) is 52.3 Å². The van der Waals surface area contributed by atoms with Gasteiger partial charge in [-0.2, -0.15) is 0 Å². The maximum atomic E-state index is 5.42. The first-order valence-corrected chi connectivity index (χ1v) is 7.24. The Bertz CT molecular complexity index is 604. The summed E-state index contributed by atoms with van der Waals surface area (Å²) in [7, 11) is 0. The van der Waals surface area contributed by atoms with Gasteiger partial charge in [0.05, 0.1) is 4.47 Å². The molecule has 0 bridgehead atoms. The summed E-state index contributed by atoms with van der Waals surface area (Å²) in [4.78, 5) is 4.03. The second-order valence-electron chi connectivity index (χ2n) is 4.69. The van der Waals surface area contributed by atoms with Gasteiger partial charge in [-0.25, -0.2) is 0 Å². The SMILES string of the molecule is CC(NCc1cc(Br)c2c(c1)OCO2)c1ccncc1. The Balaban J connectivity index is 1.68. The molecule has 20 heavy (non-hydrogen) atoms. The van der Waals surface area contributed by atoms with Crippen LogP contribution in [0.5, 0.6) is 11.5 Å². The van der Waals surface area contributed by atoms with Gasteiger partial charge in [-0.3, -0.25) is 4.98 Å². The molecule has 5 heteroatoms. The van der Waals surface area contributed by atoms with Crippen LogP contribution in [0.3, 0.4) is 0 Å². The highest BCUT2D eigenvalue weighted by Crippen LogP contribution is 2.40. The van der Waals surface area contributed by atoms with Gasteiger partial charge in [0.2, 0.25) is 6.79 Å². The number of pyridine rings is 1. The molecule has 0 fully saturated rings. The molecule has 1 aliphatic heterocycles. The molecule has 1 aromatic heterocycles. The van der Waals surface area contributed by atoms with E-state index in [4.69, 9.17) is 9.47 Å². The molecule has 104 valence electrons. The van der Waals surface area contributed by atoms with Crippen LogP contribution in [0.2, 0.25) is 0 Å². The van der Waals surface area contributed by atoms with Crippen LogP contribution < -0.4 is 14.8 Å². The molecule has 0 saturated carbocycles. The van der Waals surface area contributed by atoms with E-state index in [0.29, 0.717) is 0 Å². The van der Waals surface area contributed by atoms with Gasteiger partial charge in [-0.1, -0.05) is 0 Å². The number of aromatic nitrogens is 1. The molecule has 3 rings (SSSR count). The molecule has 0 amide bonds. The number of ether oxygens (including phenoxy) is 2. The topological polar surface area (TPSA) is 43.4 Å². The van der Waals surface area contributed by atoms with Crippen molar-refractivity contribution >= 4 is 15.9 Å². The van der Waals surface area contributed by atoms with Crippen LogP contribution in [0.25, 0.3) is 0 Å². The highest BCUT2D eigenvalue weighted by atomic mass is 79.9. The minimum Gasteiger partial charge on any atom is -0.454 e. The number of rotatable bonds is 4. The number of hydrogen-bond acceptors (Lipinski definition) is 4. The van der Waals surface area contributed by atoms with E-state index >= 15 is 0 Å². The molecule has 0 aliphatic carbocycles. The van der Waals surface area contributed by atoms with Crippen LogP contribution in [0.1, 0.15) is 24.1 Å². The zero-order valence-corrected chi connectivity index (χ0v) is 12.7. The van der Waals surface area contributed by atoms with Crippen LogP contribution in [-0.4, -0.2) is 11.8 Å². The lowest BCUT2D eigenvalue weighted by Crippen LogP contribution is -2.18. The third kappa shape index (κ3) is 2.78. The highest BCUT2D eigenvalue weighted by Gasteiger charge is 2.18. The van der Waals surface area contributed by atoms with E-state index in [0.717, 1.165) is 28.1 Å². The standard InChI is InChI=1S/C15H15BrN2O2/c1-10(12-2-4-17-5-3-12)18-8-11-6-13(16)15-14(7-11)19-9-20-15/h2-7,10,18H,8-9H2,1H3. The van der Waals surface area contributed by atoms with E-state index < -0.39 is 0 Å². The number of benzene rings is 1. The fraction of sp³-hybridized carbons (Fsp3) is 0.267. The van der Waals surface area contributed by atoms with Crippen LogP contribution in [-0.2, 0) is 6.54 Å². The first-order valence-electron chi connectivity index (χ1n) is 6.45. The summed E-state index contributed by atoms with van der Waals surface area (Å²) >= 11 is 3.51. The zero-order valence-electron chi connectivity index (χ0n) is 11.1. The summed E-state index contributed by atoms with van der Waals surface area (Å²) in [5.74, 6) is 1.59. The van der Waals surface area contributed by atoms with Crippen molar-refractivity contribution in [2.24, 2.45) is 0 Å². The monoisotopic (exact) mass is 334 g/mol. The molecule has 1 aromatic carbocycles. The number of fused-ring (bicyclic) bond motifs is 1. The van der Waals surface area contributed by atoms with Gasteiger partial charge < -0.3 is 14.8 Å². The van der Waals surface area contributed by atoms with E-state index in [-0.39, 0.29) is 12.8 Å². The first kappa shape index (κ1) is 13.4. The summed E-state index contributed by atoms with van der Waals surface area (Å²) < 4.78 is 11.7. The van der Waals surface area contributed by atoms with Gasteiger partial charge in [0.15, 0.2) is 11.5 Å². The van der Waals surface area contributed by atoms with Crippen molar-refractivity contribution in [3.63, 3.8) is 0 Å². The minimum atomic E-state index is 0.266. The fourth-order valence-corrected chi connectivity index (χ4v) is 2.77. The maximum absolute atomic E-state index is 5.42. The quantitative estimate of drug-likeness (QED) is 0.930. The van der Waals surface area contributed by atoms with E-state index in [1.807, 2.05) is 30.6 Å². The normalized spacial score (nSPS) is 14.3. The third-order valence-corrected chi connectivity index (χ3v) is 3.89. The summed E-state index contributed by atoms with van der Waals surface area (Å²) in [5.41, 5.74) is 2.38. The molecule has 1 aliphatic rings. The number of nitrogens with zero attached hydrogens (tertiary/aromatic N) is 1. The van der Waals surface area contributed by atoms with Crippen molar-refractivity contribution in [2.75, 3.05) is 6.79 Å². The van der Waals surface area contributed by atoms with Crippen molar-refractivity contribution in [2.45, 2.75) is 19.5 Å². The third-order valence-electron chi connectivity index (χ3n) is 3.31. The lowest BCUT2D eigenvalue weighted by Gasteiger charge is -2.14. The summed E-state index contributed by atoms with van der Waals surface area (Å²) in [6.07, 6.45) is 3.62. The molecule has 1 unspecified atom stereocenters. The van der Waals surface area contributed by atoms with Gasteiger partial charge >= 0.3 is 0 Å². The Morgan fingerprint density at radius 1 is 1.30 bits per heavy atom. The average molecular weight is 335 g/mol. The van der Waals surface area contributed by atoms with Crippen LogP contribution in [0.15, 0.2) is 41.1 Å². The molecule has 2 aromatic rings. The Hall–Kier alpha value is -1.59. The maximum Gasteiger partial charge on any atom is 0.231 e. The Kier molecular flexibility index (Phi) is 3.89. The summed E-state index contributed by atoms with van der Waals surface area (Å²) in [6, 6.07) is 8.38. The molecule has 2 heterocycles. The molecule has 1 atom stereocenters. The van der Waals surface area contributed by atoms with Crippen molar-refractivity contribution < 1.29 is 9.47 Å². The van der Waals surface area contributed by atoms with Crippen LogP contribution >= 0.6 is 15.9 Å². The smallest absolute Gasteiger partial charge is 0.231 e. The molecule has 4 nitrogen and oxygen atoms in total. The molecule has 0 spiro atoms. The zero-order chi connectivity index (χ0) is 13.9. The van der Waals surface area contributed by atoms with E-state index in [9.17, 15) is 0 Å². The number of halogens is 1. The van der Waals surface area contributed by atoms with Gasteiger partial charge in [-0.05, 0) is 58.2 Å². The number of nitrogens with one attached hydrogen (secondary N) is 1. The number of hydrogen-bond donors (Lipinski definition) is 1. The average Bonchev–Trinajstić information content (AvgIpc) is 2.94. The molecule has 0 radical (unpaired) electrons. The second-order valence-corrected chi connectivity index (χ2v) is 5.55. The van der Waals surface area contributed by atoms with Gasteiger partial charge in [0, 0.05) is 25.0 Å².